The van der Waals surface area contributed by atoms with Gasteiger partial charge in [0.15, 0.2) is 12.2 Å². The molecule has 91 heavy (non-hydrogen) atoms. The van der Waals surface area contributed by atoms with E-state index in [1.807, 2.05) is 0 Å². The standard InChI is InChI=1S/C72H140O17P2/c1-62(2)48-40-32-24-17-13-10-9-11-15-20-29-38-46-54-71(76)88-67(58-82-69(74)52-44-36-28-19-16-12-14-18-25-33-41-49-63(3)4)60-86-90(78,79)84-56-66(73)57-85-91(80,81)87-61-68(59-83-70(75)53-45-37-31-23-27-35-43-51-65(7)8)89-72(77)55-47-39-30-22-21-26-34-42-50-64(5)6/h62-68,73H,9-61H2,1-8H3,(H,78,79)(H,80,81)/t66?,67-,68-/m1/s1. The highest BCUT2D eigenvalue weighted by Gasteiger charge is 2.30. The van der Waals surface area contributed by atoms with Crippen LogP contribution in [0.2, 0.25) is 0 Å². The molecule has 0 saturated heterocycles. The SMILES string of the molecule is CC(C)CCCCCCCCCCCCCCCC(=O)O[C@H](COC(=O)CCCCCCCCCCCCCC(C)C)COP(=O)(O)OCC(O)COP(=O)(O)OC[C@@H](COC(=O)CCCCCCCCCC(C)C)OC(=O)CCCCCCCCCCC(C)C. The summed E-state index contributed by atoms with van der Waals surface area (Å²) in [5, 5.41) is 10.6. The van der Waals surface area contributed by atoms with Gasteiger partial charge < -0.3 is 33.8 Å². The van der Waals surface area contributed by atoms with Crippen molar-refractivity contribution >= 4 is 39.5 Å². The van der Waals surface area contributed by atoms with Gasteiger partial charge in [-0.3, -0.25) is 37.3 Å². The van der Waals surface area contributed by atoms with Crippen LogP contribution in [-0.2, 0) is 65.4 Å². The Balaban J connectivity index is 5.25. The highest BCUT2D eigenvalue weighted by molar-refractivity contribution is 7.47. The molecule has 5 atom stereocenters. The Bertz CT molecular complexity index is 1800. The molecule has 0 aromatic heterocycles. The average Bonchev–Trinajstić information content (AvgIpc) is 3.53. The Labute approximate surface area is 556 Å². The van der Waals surface area contributed by atoms with Crippen molar-refractivity contribution in [1.82, 2.24) is 0 Å². The maximum atomic E-state index is 13.0. The molecular weight excluding hydrogens is 1200 g/mol. The van der Waals surface area contributed by atoms with Gasteiger partial charge in [-0.1, -0.05) is 306 Å². The minimum atomic E-state index is -4.95. The van der Waals surface area contributed by atoms with Gasteiger partial charge in [-0.15, -0.1) is 0 Å². The van der Waals surface area contributed by atoms with Gasteiger partial charge in [0.25, 0.3) is 0 Å². The number of hydrogen-bond donors (Lipinski definition) is 3. The van der Waals surface area contributed by atoms with Crippen molar-refractivity contribution in [3.8, 4) is 0 Å². The van der Waals surface area contributed by atoms with Crippen molar-refractivity contribution in [3.63, 3.8) is 0 Å². The fourth-order valence-electron chi connectivity index (χ4n) is 10.8. The van der Waals surface area contributed by atoms with Crippen LogP contribution in [0.3, 0.4) is 0 Å². The number of carbonyl (C=O) groups excluding carboxylic acids is 4. The van der Waals surface area contributed by atoms with E-state index in [0.29, 0.717) is 31.6 Å². The summed E-state index contributed by atoms with van der Waals surface area (Å²) in [6.45, 7) is 14.1. The molecule has 0 heterocycles. The highest BCUT2D eigenvalue weighted by Crippen LogP contribution is 2.45. The van der Waals surface area contributed by atoms with E-state index in [1.165, 1.54) is 154 Å². The second-order valence-corrected chi connectivity index (χ2v) is 30.8. The number of hydrogen-bond acceptors (Lipinski definition) is 15. The number of carbonyl (C=O) groups is 4. The summed E-state index contributed by atoms with van der Waals surface area (Å²) < 4.78 is 68.3. The molecule has 0 rings (SSSR count). The first kappa shape index (κ1) is 89.1. The molecule has 3 unspecified atom stereocenters. The summed E-state index contributed by atoms with van der Waals surface area (Å²) in [6, 6.07) is 0. The van der Waals surface area contributed by atoms with E-state index in [4.69, 9.17) is 37.0 Å². The van der Waals surface area contributed by atoms with Crippen LogP contribution in [0, 0.1) is 23.7 Å². The number of ether oxygens (including phenoxy) is 4. The van der Waals surface area contributed by atoms with Crippen LogP contribution in [0.4, 0.5) is 0 Å². The molecule has 0 radical (unpaired) electrons. The molecule has 19 heteroatoms. The van der Waals surface area contributed by atoms with Crippen LogP contribution in [-0.4, -0.2) is 96.7 Å². The second kappa shape index (κ2) is 61.6. The first-order chi connectivity index (χ1) is 43.6. The topological polar surface area (TPSA) is 237 Å². The maximum absolute atomic E-state index is 13.0. The molecule has 17 nitrogen and oxygen atoms in total. The van der Waals surface area contributed by atoms with E-state index in [0.717, 1.165) is 114 Å². The molecule has 540 valence electrons. The fraction of sp³-hybridized carbons (Fsp3) is 0.944. The summed E-state index contributed by atoms with van der Waals surface area (Å²) >= 11 is 0. The Morgan fingerprint density at radius 1 is 0.275 bits per heavy atom. The summed E-state index contributed by atoms with van der Waals surface area (Å²) in [5.74, 6) is 0.853. The average molecular weight is 1340 g/mol. The Morgan fingerprint density at radius 2 is 0.462 bits per heavy atom. The minimum absolute atomic E-state index is 0.103. The monoisotopic (exact) mass is 1340 g/mol. The molecule has 0 aromatic carbocycles. The number of aliphatic hydroxyl groups is 1. The molecule has 0 saturated carbocycles. The summed E-state index contributed by atoms with van der Waals surface area (Å²) in [7, 11) is -9.91. The number of unbranched alkanes of at least 4 members (excludes halogenated alkanes) is 35. The smallest absolute Gasteiger partial charge is 0.462 e. The van der Waals surface area contributed by atoms with Gasteiger partial charge in [0, 0.05) is 25.7 Å². The second-order valence-electron chi connectivity index (χ2n) is 27.9. The Hall–Kier alpha value is -1.94. The summed E-state index contributed by atoms with van der Waals surface area (Å²) in [6.07, 6.45) is 44.5. The van der Waals surface area contributed by atoms with E-state index in [9.17, 15) is 43.2 Å². The molecule has 3 N–H and O–H groups in total. The quantitative estimate of drug-likeness (QED) is 0.0222. The minimum Gasteiger partial charge on any atom is -0.462 e. The summed E-state index contributed by atoms with van der Waals surface area (Å²) in [4.78, 5) is 72.6. The van der Waals surface area contributed by atoms with Gasteiger partial charge in [-0.25, -0.2) is 9.13 Å². The van der Waals surface area contributed by atoms with Gasteiger partial charge in [-0.2, -0.15) is 0 Å². The van der Waals surface area contributed by atoms with Crippen molar-refractivity contribution < 1.29 is 80.2 Å². The van der Waals surface area contributed by atoms with E-state index in [-0.39, 0.29) is 25.7 Å². The van der Waals surface area contributed by atoms with E-state index >= 15 is 0 Å². The molecule has 0 spiro atoms. The zero-order valence-electron chi connectivity index (χ0n) is 59.5. The molecule has 0 amide bonds. The van der Waals surface area contributed by atoms with E-state index in [2.05, 4.69) is 55.4 Å². The van der Waals surface area contributed by atoms with Crippen LogP contribution in [0.15, 0.2) is 0 Å². The summed E-state index contributed by atoms with van der Waals surface area (Å²) in [5.41, 5.74) is 0. The van der Waals surface area contributed by atoms with Gasteiger partial charge in [0.2, 0.25) is 0 Å². The Kier molecular flexibility index (Phi) is 60.3. The zero-order chi connectivity index (χ0) is 67.5. The van der Waals surface area contributed by atoms with Gasteiger partial charge >= 0.3 is 39.5 Å². The van der Waals surface area contributed by atoms with Crippen LogP contribution in [0.25, 0.3) is 0 Å². The normalized spacial score (nSPS) is 14.2. The highest BCUT2D eigenvalue weighted by atomic mass is 31.2. The molecular formula is C72H140O17P2. The lowest BCUT2D eigenvalue weighted by Gasteiger charge is -2.21. The fourth-order valence-corrected chi connectivity index (χ4v) is 12.4. The third-order valence-corrected chi connectivity index (χ3v) is 18.5. The van der Waals surface area contributed by atoms with E-state index in [1.54, 1.807) is 0 Å². The molecule has 0 aliphatic heterocycles. The lowest BCUT2D eigenvalue weighted by Crippen LogP contribution is -2.30. The van der Waals surface area contributed by atoms with Gasteiger partial charge in [0.1, 0.15) is 19.3 Å². The van der Waals surface area contributed by atoms with Crippen molar-refractivity contribution in [2.45, 2.75) is 375 Å². The van der Waals surface area contributed by atoms with Crippen molar-refractivity contribution in [2.75, 3.05) is 39.6 Å². The molecule has 0 fully saturated rings. The third kappa shape index (κ3) is 66.5. The van der Waals surface area contributed by atoms with Gasteiger partial charge in [0.05, 0.1) is 26.4 Å². The Morgan fingerprint density at radius 3 is 0.681 bits per heavy atom. The maximum Gasteiger partial charge on any atom is 0.472 e. The molecule has 0 bridgehead atoms. The molecule has 0 aliphatic carbocycles. The predicted octanol–water partition coefficient (Wildman–Crippen LogP) is 20.5. The number of rotatable bonds is 69. The van der Waals surface area contributed by atoms with Crippen molar-refractivity contribution in [3.05, 3.63) is 0 Å². The molecule has 0 aliphatic rings. The van der Waals surface area contributed by atoms with E-state index < -0.39 is 97.5 Å². The van der Waals surface area contributed by atoms with Crippen LogP contribution < -0.4 is 0 Å². The van der Waals surface area contributed by atoms with Gasteiger partial charge in [-0.05, 0) is 49.4 Å². The number of phosphoric acid groups is 2. The third-order valence-electron chi connectivity index (χ3n) is 16.6. The predicted molar refractivity (Wildman–Crippen MR) is 367 cm³/mol. The first-order valence-electron chi connectivity index (χ1n) is 37.2. The first-order valence-corrected chi connectivity index (χ1v) is 40.2. The van der Waals surface area contributed by atoms with Crippen molar-refractivity contribution in [2.24, 2.45) is 23.7 Å². The zero-order valence-corrected chi connectivity index (χ0v) is 61.3. The number of esters is 4. The van der Waals surface area contributed by atoms with Crippen molar-refractivity contribution in [1.29, 1.82) is 0 Å². The van der Waals surface area contributed by atoms with Crippen LogP contribution in [0.1, 0.15) is 357 Å². The number of aliphatic hydroxyl groups excluding tert-OH is 1. The lowest BCUT2D eigenvalue weighted by molar-refractivity contribution is -0.161. The largest absolute Gasteiger partial charge is 0.472 e. The lowest BCUT2D eigenvalue weighted by atomic mass is 10.0. The molecule has 0 aromatic rings. The van der Waals surface area contributed by atoms with Crippen LogP contribution in [0.5, 0.6) is 0 Å². The van der Waals surface area contributed by atoms with Crippen LogP contribution >= 0.6 is 15.6 Å². The number of phosphoric ester groups is 2.